The van der Waals surface area contributed by atoms with E-state index in [1.54, 1.807) is 7.11 Å². The molecule has 1 saturated heterocycles. The van der Waals surface area contributed by atoms with Crippen molar-refractivity contribution in [3.05, 3.63) is 28.8 Å². The Morgan fingerprint density at radius 1 is 1.10 bits per heavy atom. The largest absolute Gasteiger partial charge is 0.496 e. The molecule has 2 rings (SSSR count). The van der Waals surface area contributed by atoms with Gasteiger partial charge in [0.2, 0.25) is 0 Å². The third-order valence-electron chi connectivity index (χ3n) is 4.71. The molecule has 5 unspecified atom stereocenters. The summed E-state index contributed by atoms with van der Waals surface area (Å²) in [5.74, 6) is 1.39. The van der Waals surface area contributed by atoms with E-state index in [1.165, 1.54) is 0 Å². The van der Waals surface area contributed by atoms with Gasteiger partial charge in [0.25, 0.3) is 0 Å². The predicted octanol–water partition coefficient (Wildman–Crippen LogP) is 3.40. The molecule has 3 nitrogen and oxygen atoms in total. The summed E-state index contributed by atoms with van der Waals surface area (Å²) in [5, 5.41) is 10.8. The van der Waals surface area contributed by atoms with E-state index < -0.39 is 6.10 Å². The molecule has 112 valence electrons. The van der Waals surface area contributed by atoms with Gasteiger partial charge in [0, 0.05) is 5.92 Å². The van der Waals surface area contributed by atoms with Crippen molar-refractivity contribution in [2.75, 3.05) is 7.11 Å². The monoisotopic (exact) mass is 278 g/mol. The molecule has 1 aliphatic rings. The van der Waals surface area contributed by atoms with Gasteiger partial charge in [-0.1, -0.05) is 6.92 Å². The molecule has 1 fully saturated rings. The van der Waals surface area contributed by atoms with Gasteiger partial charge < -0.3 is 14.6 Å². The van der Waals surface area contributed by atoms with E-state index in [0.717, 1.165) is 22.4 Å². The van der Waals surface area contributed by atoms with Gasteiger partial charge in [0.05, 0.1) is 25.4 Å². The van der Waals surface area contributed by atoms with Crippen LogP contribution in [0.15, 0.2) is 12.1 Å². The molecule has 1 aliphatic heterocycles. The first-order chi connectivity index (χ1) is 9.36. The molecular weight excluding hydrogens is 252 g/mol. The zero-order valence-electron chi connectivity index (χ0n) is 13.3. The van der Waals surface area contributed by atoms with Crippen LogP contribution < -0.4 is 4.74 Å². The fourth-order valence-electron chi connectivity index (χ4n) is 3.54. The van der Waals surface area contributed by atoms with Crippen LogP contribution in [0.5, 0.6) is 5.75 Å². The number of aliphatic hydroxyl groups is 1. The van der Waals surface area contributed by atoms with E-state index in [2.05, 4.69) is 20.8 Å². The lowest BCUT2D eigenvalue weighted by Crippen LogP contribution is -2.25. The first-order valence-corrected chi connectivity index (χ1v) is 7.35. The van der Waals surface area contributed by atoms with Gasteiger partial charge in [-0.3, -0.25) is 0 Å². The lowest BCUT2D eigenvalue weighted by Gasteiger charge is -2.26. The average molecular weight is 278 g/mol. The van der Waals surface area contributed by atoms with Crippen molar-refractivity contribution in [1.82, 2.24) is 0 Å². The van der Waals surface area contributed by atoms with Crippen LogP contribution in [-0.4, -0.2) is 24.4 Å². The molecule has 1 aromatic carbocycles. The summed E-state index contributed by atoms with van der Waals surface area (Å²) in [4.78, 5) is 0. The molecule has 0 amide bonds. The van der Waals surface area contributed by atoms with Crippen LogP contribution in [-0.2, 0) is 4.74 Å². The molecule has 0 saturated carbocycles. The second-order valence-corrected chi connectivity index (χ2v) is 6.12. The smallest absolute Gasteiger partial charge is 0.124 e. The number of methoxy groups -OCH3 is 1. The molecule has 0 aliphatic carbocycles. The minimum absolute atomic E-state index is 0.0812. The summed E-state index contributed by atoms with van der Waals surface area (Å²) in [5.41, 5.74) is 3.09. The van der Waals surface area contributed by atoms with Crippen LogP contribution in [0.4, 0.5) is 0 Å². The van der Waals surface area contributed by atoms with Crippen molar-refractivity contribution in [3.8, 4) is 5.75 Å². The minimum Gasteiger partial charge on any atom is -0.496 e. The highest BCUT2D eigenvalue weighted by Crippen LogP contribution is 2.41. The highest BCUT2D eigenvalue weighted by Gasteiger charge is 2.41. The number of aliphatic hydroxyl groups excluding tert-OH is 1. The molecule has 5 atom stereocenters. The highest BCUT2D eigenvalue weighted by molar-refractivity contribution is 5.44. The summed E-state index contributed by atoms with van der Waals surface area (Å²) in [6.45, 7) is 10.3. The third kappa shape index (κ3) is 2.57. The molecule has 1 N–H and O–H groups in total. The van der Waals surface area contributed by atoms with Gasteiger partial charge in [-0.15, -0.1) is 0 Å². The SMILES string of the molecule is COc1c(C)cc(C(O)C2C(C)OC(C)C2C)cc1C. The van der Waals surface area contributed by atoms with Crippen molar-refractivity contribution in [1.29, 1.82) is 0 Å². The molecule has 1 heterocycles. The van der Waals surface area contributed by atoms with Gasteiger partial charge in [0.1, 0.15) is 5.75 Å². The molecule has 3 heteroatoms. The van der Waals surface area contributed by atoms with Crippen LogP contribution in [0, 0.1) is 25.7 Å². The van der Waals surface area contributed by atoms with Crippen molar-refractivity contribution in [2.24, 2.45) is 11.8 Å². The fourth-order valence-corrected chi connectivity index (χ4v) is 3.54. The minimum atomic E-state index is -0.492. The predicted molar refractivity (Wildman–Crippen MR) is 80.1 cm³/mol. The Morgan fingerprint density at radius 3 is 2.05 bits per heavy atom. The second-order valence-electron chi connectivity index (χ2n) is 6.12. The third-order valence-corrected chi connectivity index (χ3v) is 4.71. The van der Waals surface area contributed by atoms with Gasteiger partial charge in [-0.25, -0.2) is 0 Å². The van der Waals surface area contributed by atoms with Crippen LogP contribution in [0.1, 0.15) is 43.6 Å². The molecule has 0 aromatic heterocycles. The summed E-state index contributed by atoms with van der Waals surface area (Å²) in [6.07, 6.45) is -0.212. The second kappa shape index (κ2) is 5.74. The van der Waals surface area contributed by atoms with E-state index in [1.807, 2.05) is 26.0 Å². The Kier molecular flexibility index (Phi) is 4.40. The molecule has 0 spiro atoms. The van der Waals surface area contributed by atoms with Crippen LogP contribution in [0.3, 0.4) is 0 Å². The molecular formula is C17H26O3. The number of rotatable bonds is 3. The number of hydrogen-bond acceptors (Lipinski definition) is 3. The highest BCUT2D eigenvalue weighted by atomic mass is 16.5. The van der Waals surface area contributed by atoms with Crippen LogP contribution in [0.2, 0.25) is 0 Å². The Morgan fingerprint density at radius 2 is 1.65 bits per heavy atom. The lowest BCUT2D eigenvalue weighted by atomic mass is 9.81. The molecule has 0 bridgehead atoms. The molecule has 20 heavy (non-hydrogen) atoms. The Labute approximate surface area is 121 Å². The Balaban J connectivity index is 2.32. The van der Waals surface area contributed by atoms with Crippen LogP contribution in [0.25, 0.3) is 0 Å². The van der Waals surface area contributed by atoms with Crippen molar-refractivity contribution < 1.29 is 14.6 Å². The first kappa shape index (κ1) is 15.3. The zero-order chi connectivity index (χ0) is 15.0. The van der Waals surface area contributed by atoms with Gasteiger partial charge in [0.15, 0.2) is 0 Å². The topological polar surface area (TPSA) is 38.7 Å². The van der Waals surface area contributed by atoms with Crippen LogP contribution >= 0.6 is 0 Å². The van der Waals surface area contributed by atoms with Crippen molar-refractivity contribution in [3.63, 3.8) is 0 Å². The first-order valence-electron chi connectivity index (χ1n) is 7.35. The zero-order valence-corrected chi connectivity index (χ0v) is 13.3. The summed E-state index contributed by atoms with van der Waals surface area (Å²) in [7, 11) is 1.68. The average Bonchev–Trinajstić information content (AvgIpc) is 2.62. The van der Waals surface area contributed by atoms with Crippen molar-refractivity contribution >= 4 is 0 Å². The maximum absolute atomic E-state index is 10.8. The lowest BCUT2D eigenvalue weighted by molar-refractivity contribution is 0.0231. The summed E-state index contributed by atoms with van der Waals surface area (Å²) in [6, 6.07) is 4.05. The maximum atomic E-state index is 10.8. The van der Waals surface area contributed by atoms with Crippen molar-refractivity contribution in [2.45, 2.75) is 52.9 Å². The van der Waals surface area contributed by atoms with E-state index in [0.29, 0.717) is 5.92 Å². The van der Waals surface area contributed by atoms with E-state index in [4.69, 9.17) is 9.47 Å². The fraction of sp³-hybridized carbons (Fsp3) is 0.647. The van der Waals surface area contributed by atoms with E-state index in [9.17, 15) is 5.11 Å². The number of aryl methyl sites for hydroxylation is 2. The molecule has 1 aromatic rings. The number of benzene rings is 1. The Hall–Kier alpha value is -1.06. The number of hydrogen-bond donors (Lipinski definition) is 1. The Bertz CT molecular complexity index is 460. The number of ether oxygens (including phenoxy) is 2. The van der Waals surface area contributed by atoms with Gasteiger partial charge >= 0.3 is 0 Å². The van der Waals surface area contributed by atoms with E-state index >= 15 is 0 Å². The van der Waals surface area contributed by atoms with Gasteiger partial charge in [-0.2, -0.15) is 0 Å². The summed E-state index contributed by atoms with van der Waals surface area (Å²) < 4.78 is 11.2. The quantitative estimate of drug-likeness (QED) is 0.921. The van der Waals surface area contributed by atoms with Gasteiger partial charge in [-0.05, 0) is 62.4 Å². The summed E-state index contributed by atoms with van der Waals surface area (Å²) >= 11 is 0. The maximum Gasteiger partial charge on any atom is 0.124 e. The van der Waals surface area contributed by atoms with E-state index in [-0.39, 0.29) is 18.1 Å². The molecule has 0 radical (unpaired) electrons. The standard InChI is InChI=1S/C17H26O3/c1-9-7-14(8-10(2)17(9)19-6)16(18)15-11(3)12(4)20-13(15)5/h7-8,11-13,15-16,18H,1-6H3. The normalized spacial score (nSPS) is 31.4.